The molecule has 0 radical (unpaired) electrons. The summed E-state index contributed by atoms with van der Waals surface area (Å²) in [5, 5.41) is 1.92. The summed E-state index contributed by atoms with van der Waals surface area (Å²) in [6.07, 6.45) is 0. The molecule has 156 valence electrons. The predicted octanol–water partition coefficient (Wildman–Crippen LogP) is 3.46. The molecule has 3 rings (SSSR count). The molecule has 2 amide bonds. The van der Waals surface area contributed by atoms with Gasteiger partial charge in [0.25, 0.3) is 5.91 Å². The molecular weight excluding hydrogens is 382 g/mol. The largest absolute Gasteiger partial charge is 0.338 e. The summed E-state index contributed by atoms with van der Waals surface area (Å²) in [5.41, 5.74) is 2.67. The molecule has 5 nitrogen and oxygen atoms in total. The highest BCUT2D eigenvalue weighted by atomic mass is 32.1. The van der Waals surface area contributed by atoms with E-state index >= 15 is 0 Å². The van der Waals surface area contributed by atoms with E-state index in [-0.39, 0.29) is 17.2 Å². The van der Waals surface area contributed by atoms with E-state index in [9.17, 15) is 9.59 Å². The summed E-state index contributed by atoms with van der Waals surface area (Å²) in [6.45, 7) is 10.2. The van der Waals surface area contributed by atoms with Crippen molar-refractivity contribution in [2.75, 3.05) is 39.8 Å². The van der Waals surface area contributed by atoms with Crippen LogP contribution in [0.1, 0.15) is 41.6 Å². The van der Waals surface area contributed by atoms with Gasteiger partial charge in [0.15, 0.2) is 0 Å². The van der Waals surface area contributed by atoms with Gasteiger partial charge in [-0.05, 0) is 35.0 Å². The van der Waals surface area contributed by atoms with Crippen LogP contribution in [0.5, 0.6) is 0 Å². The molecule has 1 aromatic carbocycles. The van der Waals surface area contributed by atoms with Crippen LogP contribution in [0, 0.1) is 0 Å². The van der Waals surface area contributed by atoms with Gasteiger partial charge in [-0.15, -0.1) is 11.3 Å². The van der Waals surface area contributed by atoms with E-state index in [1.165, 1.54) is 22.5 Å². The van der Waals surface area contributed by atoms with Crippen LogP contribution < -0.4 is 0 Å². The van der Waals surface area contributed by atoms with Gasteiger partial charge in [0.1, 0.15) is 0 Å². The fourth-order valence-corrected chi connectivity index (χ4v) is 4.21. The van der Waals surface area contributed by atoms with Gasteiger partial charge < -0.3 is 9.80 Å². The van der Waals surface area contributed by atoms with E-state index in [1.807, 2.05) is 34.4 Å². The highest BCUT2D eigenvalue weighted by Crippen LogP contribution is 2.22. The summed E-state index contributed by atoms with van der Waals surface area (Å²) < 4.78 is 0. The molecule has 1 fully saturated rings. The SMILES string of the molecule is CN(CC(=O)N1CCN(C(=O)c2cccs2)CC1)Cc1ccc(C(C)(C)C)cc1. The van der Waals surface area contributed by atoms with E-state index < -0.39 is 0 Å². The van der Waals surface area contributed by atoms with Crippen molar-refractivity contribution in [3.05, 3.63) is 57.8 Å². The smallest absolute Gasteiger partial charge is 0.264 e. The third-order valence-corrected chi connectivity index (χ3v) is 6.19. The van der Waals surface area contributed by atoms with Gasteiger partial charge in [-0.1, -0.05) is 51.1 Å². The lowest BCUT2D eigenvalue weighted by atomic mass is 9.87. The number of piperazine rings is 1. The molecule has 1 saturated heterocycles. The Labute approximate surface area is 177 Å². The second-order valence-corrected chi connectivity index (χ2v) is 9.72. The first-order chi connectivity index (χ1) is 13.7. The lowest BCUT2D eigenvalue weighted by molar-refractivity contribution is -0.133. The topological polar surface area (TPSA) is 43.9 Å². The van der Waals surface area contributed by atoms with E-state index in [2.05, 4.69) is 49.9 Å². The van der Waals surface area contributed by atoms with Crippen molar-refractivity contribution in [3.8, 4) is 0 Å². The molecule has 0 atom stereocenters. The molecule has 1 aromatic heterocycles. The summed E-state index contributed by atoms with van der Waals surface area (Å²) in [4.78, 5) is 31.6. The number of hydrogen-bond acceptors (Lipinski definition) is 4. The van der Waals surface area contributed by atoms with E-state index in [1.54, 1.807) is 0 Å². The fourth-order valence-electron chi connectivity index (χ4n) is 3.52. The van der Waals surface area contributed by atoms with Gasteiger partial charge in [-0.25, -0.2) is 0 Å². The van der Waals surface area contributed by atoms with Crippen molar-refractivity contribution in [1.29, 1.82) is 0 Å². The van der Waals surface area contributed by atoms with Crippen LogP contribution in [0.25, 0.3) is 0 Å². The first-order valence-corrected chi connectivity index (χ1v) is 11.0. The monoisotopic (exact) mass is 413 g/mol. The molecule has 0 aliphatic carbocycles. The van der Waals surface area contributed by atoms with Crippen LogP contribution in [0.15, 0.2) is 41.8 Å². The van der Waals surface area contributed by atoms with Gasteiger partial charge in [-0.2, -0.15) is 0 Å². The van der Waals surface area contributed by atoms with Gasteiger partial charge in [-0.3, -0.25) is 14.5 Å². The van der Waals surface area contributed by atoms with Crippen molar-refractivity contribution in [1.82, 2.24) is 14.7 Å². The lowest BCUT2D eigenvalue weighted by Gasteiger charge is -2.35. The number of carbonyl (C=O) groups excluding carboxylic acids is 2. The number of amides is 2. The number of thiophene rings is 1. The minimum atomic E-state index is 0.0721. The first-order valence-electron chi connectivity index (χ1n) is 10.1. The quantitative estimate of drug-likeness (QED) is 0.754. The molecule has 0 bridgehead atoms. The molecule has 2 aromatic rings. The Morgan fingerprint density at radius 3 is 2.17 bits per heavy atom. The average Bonchev–Trinajstić information content (AvgIpc) is 3.22. The first kappa shape index (κ1) is 21.5. The van der Waals surface area contributed by atoms with E-state index in [0.717, 1.165) is 11.4 Å². The maximum atomic E-state index is 12.7. The van der Waals surface area contributed by atoms with Gasteiger partial charge >= 0.3 is 0 Å². The number of carbonyl (C=O) groups is 2. The second kappa shape index (κ2) is 9.09. The van der Waals surface area contributed by atoms with Gasteiger partial charge in [0.2, 0.25) is 5.91 Å². The van der Waals surface area contributed by atoms with Crippen LogP contribution in [-0.2, 0) is 16.8 Å². The van der Waals surface area contributed by atoms with Crippen molar-refractivity contribution in [3.63, 3.8) is 0 Å². The van der Waals surface area contributed by atoms with E-state index in [0.29, 0.717) is 32.7 Å². The fraction of sp³-hybridized carbons (Fsp3) is 0.478. The van der Waals surface area contributed by atoms with Crippen LogP contribution in [0.4, 0.5) is 0 Å². The van der Waals surface area contributed by atoms with Crippen molar-refractivity contribution in [2.24, 2.45) is 0 Å². The zero-order valence-corrected chi connectivity index (χ0v) is 18.7. The Morgan fingerprint density at radius 2 is 1.62 bits per heavy atom. The third kappa shape index (κ3) is 5.67. The Kier molecular flexibility index (Phi) is 6.75. The number of rotatable bonds is 5. The molecule has 1 aliphatic rings. The maximum absolute atomic E-state index is 12.7. The van der Waals surface area contributed by atoms with Crippen LogP contribution in [0.3, 0.4) is 0 Å². The number of likely N-dealkylation sites (N-methyl/N-ethyl adjacent to an activating group) is 1. The normalized spacial score (nSPS) is 15.1. The molecule has 0 unspecified atom stereocenters. The molecule has 1 aliphatic heterocycles. The number of hydrogen-bond donors (Lipinski definition) is 0. The predicted molar refractivity (Wildman–Crippen MR) is 118 cm³/mol. The third-order valence-electron chi connectivity index (χ3n) is 5.33. The van der Waals surface area contributed by atoms with Crippen LogP contribution in [-0.4, -0.2) is 66.3 Å². The summed E-state index contributed by atoms with van der Waals surface area (Å²) >= 11 is 1.46. The summed E-state index contributed by atoms with van der Waals surface area (Å²) in [7, 11) is 1.98. The Bertz CT molecular complexity index is 817. The molecule has 0 saturated carbocycles. The van der Waals surface area contributed by atoms with Gasteiger partial charge in [0, 0.05) is 32.7 Å². The van der Waals surface area contributed by atoms with Crippen molar-refractivity contribution in [2.45, 2.75) is 32.7 Å². The standard InChI is InChI=1S/C23H31N3O2S/c1-23(2,3)19-9-7-18(8-10-19)16-24(4)17-21(27)25-11-13-26(14-12-25)22(28)20-6-5-15-29-20/h5-10,15H,11-14,16-17H2,1-4H3. The molecule has 6 heteroatoms. The molecule has 2 heterocycles. The Hall–Kier alpha value is -2.18. The Morgan fingerprint density at radius 1 is 1.00 bits per heavy atom. The minimum Gasteiger partial charge on any atom is -0.338 e. The molecule has 29 heavy (non-hydrogen) atoms. The molecule has 0 spiro atoms. The van der Waals surface area contributed by atoms with Crippen molar-refractivity contribution >= 4 is 23.2 Å². The highest BCUT2D eigenvalue weighted by Gasteiger charge is 2.25. The average molecular weight is 414 g/mol. The molecule has 0 N–H and O–H groups in total. The molecular formula is C23H31N3O2S. The van der Waals surface area contributed by atoms with E-state index in [4.69, 9.17) is 0 Å². The number of nitrogens with zero attached hydrogens (tertiary/aromatic N) is 3. The van der Waals surface area contributed by atoms with Crippen molar-refractivity contribution < 1.29 is 9.59 Å². The zero-order chi connectivity index (χ0) is 21.0. The number of benzene rings is 1. The van der Waals surface area contributed by atoms with Crippen LogP contribution in [0.2, 0.25) is 0 Å². The zero-order valence-electron chi connectivity index (χ0n) is 17.9. The lowest BCUT2D eigenvalue weighted by Crippen LogP contribution is -2.52. The summed E-state index contributed by atoms with van der Waals surface area (Å²) in [6, 6.07) is 12.4. The van der Waals surface area contributed by atoms with Gasteiger partial charge in [0.05, 0.1) is 11.4 Å². The second-order valence-electron chi connectivity index (χ2n) is 8.77. The Balaban J connectivity index is 1.46. The summed E-state index contributed by atoms with van der Waals surface area (Å²) in [5.74, 6) is 0.199. The highest BCUT2D eigenvalue weighted by molar-refractivity contribution is 7.12. The van der Waals surface area contributed by atoms with Crippen LogP contribution >= 0.6 is 11.3 Å². The maximum Gasteiger partial charge on any atom is 0.264 e. The minimum absolute atomic E-state index is 0.0721.